The third-order valence-electron chi connectivity index (χ3n) is 2.82. The minimum atomic E-state index is -0.904. The lowest BCUT2D eigenvalue weighted by molar-refractivity contribution is 0.214. The second-order valence-corrected chi connectivity index (χ2v) is 4.83. The number of aromatic nitrogens is 1. The molecule has 0 saturated heterocycles. The first-order valence-corrected chi connectivity index (χ1v) is 6.50. The number of nitrogens with zero attached hydrogens (tertiary/aromatic N) is 1. The van der Waals surface area contributed by atoms with Gasteiger partial charge in [0.25, 0.3) is 0 Å². The van der Waals surface area contributed by atoms with Gasteiger partial charge in [-0.15, -0.1) is 0 Å². The van der Waals surface area contributed by atoms with Crippen molar-refractivity contribution < 1.29 is 9.13 Å². The van der Waals surface area contributed by atoms with E-state index >= 15 is 0 Å². The molecule has 0 radical (unpaired) electrons. The van der Waals surface area contributed by atoms with Gasteiger partial charge in [-0.25, -0.2) is 4.39 Å². The highest BCUT2D eigenvalue weighted by atomic mass is 35.5. The molecule has 1 aliphatic rings. The fraction of sp³-hybridized carbons (Fsp3) is 0.308. The van der Waals surface area contributed by atoms with Crippen LogP contribution in [0.5, 0.6) is 5.75 Å². The van der Waals surface area contributed by atoms with Gasteiger partial charge in [0.15, 0.2) is 0 Å². The molecule has 1 heterocycles. The number of allylic oxidation sites excluding steroid dienone is 2. The second kappa shape index (κ2) is 6.81. The van der Waals surface area contributed by atoms with Gasteiger partial charge in [-0.1, -0.05) is 17.7 Å². The third kappa shape index (κ3) is 4.01. The van der Waals surface area contributed by atoms with E-state index in [0.717, 1.165) is 5.56 Å². The molecule has 1 aromatic heterocycles. The number of pyridine rings is 1. The molecule has 0 aliphatic heterocycles. The van der Waals surface area contributed by atoms with Crippen LogP contribution in [0.1, 0.15) is 12.0 Å². The smallest absolute Gasteiger partial charge is 0.202 e. The summed E-state index contributed by atoms with van der Waals surface area (Å²) in [7, 11) is 0. The Balaban J connectivity index is 1.97. The molecule has 0 spiro atoms. The van der Waals surface area contributed by atoms with Gasteiger partial charge in [0.05, 0.1) is 11.2 Å². The van der Waals surface area contributed by atoms with Crippen molar-refractivity contribution in [2.75, 3.05) is 0 Å². The standard InChI is InChI=1S/C13H16ClFN4O/c14-10-5-9(1-2-11(10)15)19-6-8-3-4-18-7-12(8)20-13(16)17/h1-4,7,9,13,19H,5-6,16-17H2. The summed E-state index contributed by atoms with van der Waals surface area (Å²) in [6.07, 6.45) is 5.81. The molecule has 5 N–H and O–H groups in total. The maximum atomic E-state index is 13.1. The van der Waals surface area contributed by atoms with E-state index in [1.165, 1.54) is 6.08 Å². The van der Waals surface area contributed by atoms with Gasteiger partial charge in [-0.3, -0.25) is 16.5 Å². The van der Waals surface area contributed by atoms with Crippen molar-refractivity contribution in [3.05, 3.63) is 47.0 Å². The van der Waals surface area contributed by atoms with Crippen molar-refractivity contribution in [1.82, 2.24) is 10.3 Å². The summed E-state index contributed by atoms with van der Waals surface area (Å²) in [5, 5.41) is 3.46. The van der Waals surface area contributed by atoms with E-state index in [-0.39, 0.29) is 16.9 Å². The molecule has 2 rings (SSSR count). The summed E-state index contributed by atoms with van der Waals surface area (Å²) in [5.41, 5.74) is 11.7. The largest absolute Gasteiger partial charge is 0.461 e. The van der Waals surface area contributed by atoms with E-state index < -0.39 is 6.35 Å². The van der Waals surface area contributed by atoms with Gasteiger partial charge in [-0.05, 0) is 12.1 Å². The molecule has 108 valence electrons. The lowest BCUT2D eigenvalue weighted by Crippen LogP contribution is -2.37. The predicted octanol–water partition coefficient (Wildman–Crippen LogP) is 1.50. The number of halogens is 2. The van der Waals surface area contributed by atoms with Crippen molar-refractivity contribution in [1.29, 1.82) is 0 Å². The highest BCUT2D eigenvalue weighted by Gasteiger charge is 2.15. The van der Waals surface area contributed by atoms with Gasteiger partial charge < -0.3 is 10.1 Å². The van der Waals surface area contributed by atoms with Crippen LogP contribution in [0.4, 0.5) is 4.39 Å². The highest BCUT2D eigenvalue weighted by Crippen LogP contribution is 2.24. The highest BCUT2D eigenvalue weighted by molar-refractivity contribution is 6.30. The summed E-state index contributed by atoms with van der Waals surface area (Å²) >= 11 is 5.79. The average Bonchev–Trinajstić information content (AvgIpc) is 2.41. The first-order valence-electron chi connectivity index (χ1n) is 6.12. The van der Waals surface area contributed by atoms with E-state index in [2.05, 4.69) is 10.3 Å². The zero-order chi connectivity index (χ0) is 14.5. The molecule has 0 aromatic carbocycles. The first-order chi connectivity index (χ1) is 9.56. The molecule has 0 amide bonds. The van der Waals surface area contributed by atoms with Crippen molar-refractivity contribution in [3.63, 3.8) is 0 Å². The van der Waals surface area contributed by atoms with E-state index in [0.29, 0.717) is 18.7 Å². The molecule has 1 aromatic rings. The molecular weight excluding hydrogens is 283 g/mol. The van der Waals surface area contributed by atoms with Crippen LogP contribution in [0, 0.1) is 0 Å². The Kier molecular flexibility index (Phi) is 5.08. The fourth-order valence-corrected chi connectivity index (χ4v) is 2.07. The second-order valence-electron chi connectivity index (χ2n) is 4.37. The molecule has 5 nitrogen and oxygen atoms in total. The van der Waals surface area contributed by atoms with Crippen LogP contribution in [0.25, 0.3) is 0 Å². The SMILES string of the molecule is NC(N)Oc1cnccc1CNC1C=CC(F)=C(Cl)C1. The molecular formula is C13H16ClFN4O. The third-order valence-corrected chi connectivity index (χ3v) is 3.16. The Bertz CT molecular complexity index is 533. The van der Waals surface area contributed by atoms with Crippen molar-refractivity contribution in [2.45, 2.75) is 25.4 Å². The lowest BCUT2D eigenvalue weighted by atomic mass is 10.1. The Morgan fingerprint density at radius 1 is 1.55 bits per heavy atom. The topological polar surface area (TPSA) is 86.2 Å². The van der Waals surface area contributed by atoms with Gasteiger partial charge in [0.2, 0.25) is 6.35 Å². The minimum absolute atomic E-state index is 0.0328. The number of nitrogens with one attached hydrogen (secondary N) is 1. The molecule has 0 bridgehead atoms. The van der Waals surface area contributed by atoms with Crippen LogP contribution in [-0.4, -0.2) is 17.4 Å². The van der Waals surface area contributed by atoms with Crippen LogP contribution >= 0.6 is 11.6 Å². The number of hydrogen-bond acceptors (Lipinski definition) is 5. The summed E-state index contributed by atoms with van der Waals surface area (Å²) in [4.78, 5) is 3.96. The summed E-state index contributed by atoms with van der Waals surface area (Å²) < 4.78 is 18.4. The monoisotopic (exact) mass is 298 g/mol. The quantitative estimate of drug-likeness (QED) is 0.717. The molecule has 7 heteroatoms. The fourth-order valence-electron chi connectivity index (χ4n) is 1.84. The van der Waals surface area contributed by atoms with Crippen LogP contribution in [0.3, 0.4) is 0 Å². The van der Waals surface area contributed by atoms with Crippen molar-refractivity contribution >= 4 is 11.6 Å². The molecule has 20 heavy (non-hydrogen) atoms. The molecule has 1 atom stereocenters. The molecule has 1 aliphatic carbocycles. The predicted molar refractivity (Wildman–Crippen MR) is 75.4 cm³/mol. The van der Waals surface area contributed by atoms with E-state index in [4.69, 9.17) is 27.8 Å². The summed E-state index contributed by atoms with van der Waals surface area (Å²) in [6.45, 7) is 0.505. The van der Waals surface area contributed by atoms with Crippen LogP contribution in [0.2, 0.25) is 0 Å². The first kappa shape index (κ1) is 14.9. The van der Waals surface area contributed by atoms with Gasteiger partial charge in [-0.2, -0.15) is 0 Å². The van der Waals surface area contributed by atoms with Crippen LogP contribution in [0.15, 0.2) is 41.5 Å². The number of rotatable bonds is 5. The number of nitrogens with two attached hydrogens (primary N) is 2. The molecule has 1 unspecified atom stereocenters. The van der Waals surface area contributed by atoms with Crippen molar-refractivity contribution in [2.24, 2.45) is 11.5 Å². The number of hydrogen-bond donors (Lipinski definition) is 3. The minimum Gasteiger partial charge on any atom is -0.461 e. The Morgan fingerprint density at radius 3 is 3.05 bits per heavy atom. The zero-order valence-corrected chi connectivity index (χ0v) is 11.5. The molecule has 0 saturated carbocycles. The van der Waals surface area contributed by atoms with Gasteiger partial charge in [0, 0.05) is 30.8 Å². The Hall–Kier alpha value is -1.47. The van der Waals surface area contributed by atoms with Crippen LogP contribution < -0.4 is 21.5 Å². The van der Waals surface area contributed by atoms with Gasteiger partial charge >= 0.3 is 0 Å². The van der Waals surface area contributed by atoms with E-state index in [1.807, 2.05) is 0 Å². The Morgan fingerprint density at radius 2 is 2.35 bits per heavy atom. The zero-order valence-electron chi connectivity index (χ0n) is 10.7. The maximum absolute atomic E-state index is 13.1. The number of ether oxygens (including phenoxy) is 1. The average molecular weight is 299 g/mol. The van der Waals surface area contributed by atoms with E-state index in [9.17, 15) is 4.39 Å². The Labute approximate surface area is 121 Å². The summed E-state index contributed by atoms with van der Waals surface area (Å²) in [6, 6.07) is 1.77. The normalized spacial score (nSPS) is 18.8. The summed E-state index contributed by atoms with van der Waals surface area (Å²) in [5.74, 6) is 0.134. The van der Waals surface area contributed by atoms with E-state index in [1.54, 1.807) is 24.5 Å². The lowest BCUT2D eigenvalue weighted by Gasteiger charge is -2.19. The maximum Gasteiger partial charge on any atom is 0.202 e. The molecule has 0 fully saturated rings. The van der Waals surface area contributed by atoms with Crippen molar-refractivity contribution in [3.8, 4) is 5.75 Å². The van der Waals surface area contributed by atoms with Crippen LogP contribution in [-0.2, 0) is 6.54 Å². The van der Waals surface area contributed by atoms with Gasteiger partial charge in [0.1, 0.15) is 11.6 Å².